The number of nitrogens with one attached hydrogen (secondary N) is 2. The number of hydrogen-bond acceptors (Lipinski definition) is 6. The van der Waals surface area contributed by atoms with Gasteiger partial charge in [0.25, 0.3) is 11.8 Å². The summed E-state index contributed by atoms with van der Waals surface area (Å²) in [6.45, 7) is 4.30. The molecule has 27 heavy (non-hydrogen) atoms. The third-order valence-electron chi connectivity index (χ3n) is 3.67. The molecular formula is C19H20N2O6. The van der Waals surface area contributed by atoms with Gasteiger partial charge in [0, 0.05) is 11.3 Å². The van der Waals surface area contributed by atoms with Crippen LogP contribution in [0.4, 0.5) is 5.69 Å². The van der Waals surface area contributed by atoms with E-state index in [1.807, 2.05) is 0 Å². The average molecular weight is 372 g/mol. The van der Waals surface area contributed by atoms with Crippen LogP contribution in [0.1, 0.15) is 41.7 Å². The second-order valence-electron chi connectivity index (χ2n) is 5.87. The van der Waals surface area contributed by atoms with Gasteiger partial charge in [0.2, 0.25) is 0 Å². The van der Waals surface area contributed by atoms with Crippen LogP contribution in [0.15, 0.2) is 47.1 Å². The van der Waals surface area contributed by atoms with Gasteiger partial charge in [-0.05, 0) is 57.2 Å². The summed E-state index contributed by atoms with van der Waals surface area (Å²) in [5, 5.41) is 5.01. The molecule has 1 heterocycles. The summed E-state index contributed by atoms with van der Waals surface area (Å²) < 4.78 is 10.0. The highest BCUT2D eigenvalue weighted by molar-refractivity contribution is 5.98. The fourth-order valence-corrected chi connectivity index (χ4v) is 2.10. The standard InChI is InChI=1S/C19H20N2O6/c1-11(20-18(24)16-5-4-10-26-16)19(25)27-13(3)17(23)21-15-8-6-14(7-9-15)12(2)22/h4-11,13H,1-3H3,(H,20,24)(H,21,23)/t11-,13-/m0/s1. The van der Waals surface area contributed by atoms with Gasteiger partial charge in [-0.2, -0.15) is 0 Å². The number of ketones is 1. The number of furan rings is 1. The van der Waals surface area contributed by atoms with Gasteiger partial charge in [0.05, 0.1) is 6.26 Å². The van der Waals surface area contributed by atoms with Crippen molar-refractivity contribution in [2.45, 2.75) is 32.9 Å². The zero-order valence-corrected chi connectivity index (χ0v) is 15.1. The zero-order valence-electron chi connectivity index (χ0n) is 15.1. The van der Waals surface area contributed by atoms with Gasteiger partial charge in [-0.3, -0.25) is 14.4 Å². The SMILES string of the molecule is CC(=O)c1ccc(NC(=O)[C@H](C)OC(=O)[C@H](C)NC(=O)c2ccco2)cc1. The summed E-state index contributed by atoms with van der Waals surface area (Å²) >= 11 is 0. The van der Waals surface area contributed by atoms with Crippen molar-refractivity contribution in [1.29, 1.82) is 0 Å². The van der Waals surface area contributed by atoms with E-state index in [1.165, 1.54) is 33.1 Å². The molecule has 0 spiro atoms. The highest BCUT2D eigenvalue weighted by Crippen LogP contribution is 2.11. The number of esters is 1. The lowest BCUT2D eigenvalue weighted by Gasteiger charge is -2.17. The van der Waals surface area contributed by atoms with Gasteiger partial charge in [0.15, 0.2) is 17.6 Å². The van der Waals surface area contributed by atoms with Crippen LogP contribution in [0.25, 0.3) is 0 Å². The summed E-state index contributed by atoms with van der Waals surface area (Å²) in [7, 11) is 0. The van der Waals surface area contributed by atoms with Crippen molar-refractivity contribution >= 4 is 29.3 Å². The number of Topliss-reactive ketones (excluding diaryl/α,β-unsaturated/α-hetero) is 1. The first kappa shape index (κ1) is 19.9. The quantitative estimate of drug-likeness (QED) is 0.569. The van der Waals surface area contributed by atoms with Crippen molar-refractivity contribution in [3.8, 4) is 0 Å². The third-order valence-corrected chi connectivity index (χ3v) is 3.67. The fraction of sp³-hybridized carbons (Fsp3) is 0.263. The van der Waals surface area contributed by atoms with Crippen molar-refractivity contribution in [2.24, 2.45) is 0 Å². The molecule has 0 aliphatic carbocycles. The first-order valence-electron chi connectivity index (χ1n) is 8.24. The number of hydrogen-bond donors (Lipinski definition) is 2. The summed E-state index contributed by atoms with van der Waals surface area (Å²) in [4.78, 5) is 47.3. The number of carbonyl (C=O) groups is 4. The average Bonchev–Trinajstić information content (AvgIpc) is 3.16. The molecule has 0 fully saturated rings. The Morgan fingerprint density at radius 1 is 1.04 bits per heavy atom. The van der Waals surface area contributed by atoms with E-state index in [-0.39, 0.29) is 11.5 Å². The molecule has 2 rings (SSSR count). The van der Waals surface area contributed by atoms with Crippen molar-refractivity contribution in [1.82, 2.24) is 5.32 Å². The predicted octanol–water partition coefficient (Wildman–Crippen LogP) is 2.17. The van der Waals surface area contributed by atoms with E-state index in [1.54, 1.807) is 30.3 Å². The lowest BCUT2D eigenvalue weighted by molar-refractivity contribution is -0.154. The van der Waals surface area contributed by atoms with Crippen LogP contribution in [-0.4, -0.2) is 35.7 Å². The molecule has 0 saturated carbocycles. The van der Waals surface area contributed by atoms with Crippen LogP contribution in [0.2, 0.25) is 0 Å². The van der Waals surface area contributed by atoms with E-state index in [0.717, 1.165) is 0 Å². The molecule has 8 heteroatoms. The van der Waals surface area contributed by atoms with E-state index in [4.69, 9.17) is 9.15 Å². The van der Waals surface area contributed by atoms with E-state index < -0.39 is 29.9 Å². The second kappa shape index (κ2) is 8.79. The lowest BCUT2D eigenvalue weighted by Crippen LogP contribution is -2.42. The largest absolute Gasteiger partial charge is 0.459 e. The van der Waals surface area contributed by atoms with E-state index in [9.17, 15) is 19.2 Å². The summed E-state index contributed by atoms with van der Waals surface area (Å²) in [6.07, 6.45) is 0.265. The van der Waals surface area contributed by atoms with Crippen LogP contribution in [0.3, 0.4) is 0 Å². The maximum Gasteiger partial charge on any atom is 0.329 e. The molecule has 0 radical (unpaired) electrons. The molecule has 2 aromatic rings. The molecule has 1 aromatic carbocycles. The Morgan fingerprint density at radius 3 is 2.26 bits per heavy atom. The molecular weight excluding hydrogens is 352 g/mol. The Labute approximate surface area is 155 Å². The number of benzene rings is 1. The number of carbonyl (C=O) groups excluding carboxylic acids is 4. The first-order valence-corrected chi connectivity index (χ1v) is 8.24. The third kappa shape index (κ3) is 5.53. The Morgan fingerprint density at radius 2 is 1.70 bits per heavy atom. The monoisotopic (exact) mass is 372 g/mol. The molecule has 0 aliphatic heterocycles. The molecule has 0 unspecified atom stereocenters. The van der Waals surface area contributed by atoms with Crippen LogP contribution in [-0.2, 0) is 14.3 Å². The van der Waals surface area contributed by atoms with Gasteiger partial charge in [-0.1, -0.05) is 0 Å². The molecule has 8 nitrogen and oxygen atoms in total. The Bertz CT molecular complexity index is 826. The minimum Gasteiger partial charge on any atom is -0.459 e. The molecule has 2 atom stereocenters. The van der Waals surface area contributed by atoms with E-state index in [0.29, 0.717) is 11.3 Å². The highest BCUT2D eigenvalue weighted by atomic mass is 16.5. The number of anilines is 1. The molecule has 1 aromatic heterocycles. The molecule has 2 N–H and O–H groups in total. The van der Waals surface area contributed by atoms with Gasteiger partial charge in [-0.15, -0.1) is 0 Å². The topological polar surface area (TPSA) is 115 Å². The minimum atomic E-state index is -1.08. The predicted molar refractivity (Wildman–Crippen MR) is 96.3 cm³/mol. The van der Waals surface area contributed by atoms with Gasteiger partial charge < -0.3 is 19.8 Å². The van der Waals surface area contributed by atoms with Gasteiger partial charge in [-0.25, -0.2) is 4.79 Å². The van der Waals surface area contributed by atoms with Crippen LogP contribution < -0.4 is 10.6 Å². The van der Waals surface area contributed by atoms with Crippen molar-refractivity contribution in [3.63, 3.8) is 0 Å². The number of amides is 2. The van der Waals surface area contributed by atoms with Crippen LogP contribution in [0.5, 0.6) is 0 Å². The summed E-state index contributed by atoms with van der Waals surface area (Å²) in [6, 6.07) is 8.37. The summed E-state index contributed by atoms with van der Waals surface area (Å²) in [5.41, 5.74) is 0.987. The fourth-order valence-electron chi connectivity index (χ4n) is 2.10. The molecule has 0 aliphatic rings. The molecule has 0 bridgehead atoms. The summed E-state index contributed by atoms with van der Waals surface area (Å²) in [5.74, 6) is -1.88. The Kier molecular flexibility index (Phi) is 6.48. The normalized spacial score (nSPS) is 12.6. The zero-order chi connectivity index (χ0) is 20.0. The van der Waals surface area contributed by atoms with E-state index in [2.05, 4.69) is 10.6 Å². The lowest BCUT2D eigenvalue weighted by atomic mass is 10.1. The second-order valence-corrected chi connectivity index (χ2v) is 5.87. The number of rotatable bonds is 7. The Balaban J connectivity index is 1.86. The minimum absolute atomic E-state index is 0.0643. The van der Waals surface area contributed by atoms with Crippen molar-refractivity contribution < 1.29 is 28.3 Å². The molecule has 142 valence electrons. The Hall–Kier alpha value is -3.42. The van der Waals surface area contributed by atoms with Crippen LogP contribution >= 0.6 is 0 Å². The smallest absolute Gasteiger partial charge is 0.329 e. The maximum atomic E-state index is 12.1. The molecule has 2 amide bonds. The first-order chi connectivity index (χ1) is 12.8. The number of ether oxygens (including phenoxy) is 1. The van der Waals surface area contributed by atoms with Crippen molar-refractivity contribution in [2.75, 3.05) is 5.32 Å². The van der Waals surface area contributed by atoms with E-state index >= 15 is 0 Å². The molecule has 0 saturated heterocycles. The van der Waals surface area contributed by atoms with Crippen LogP contribution in [0, 0.1) is 0 Å². The van der Waals surface area contributed by atoms with Crippen molar-refractivity contribution in [3.05, 3.63) is 54.0 Å². The maximum absolute atomic E-state index is 12.1. The van der Waals surface area contributed by atoms with Gasteiger partial charge in [0.1, 0.15) is 6.04 Å². The van der Waals surface area contributed by atoms with Gasteiger partial charge >= 0.3 is 5.97 Å². The highest BCUT2D eigenvalue weighted by Gasteiger charge is 2.24.